The molecule has 3 nitrogen and oxygen atoms in total. The summed E-state index contributed by atoms with van der Waals surface area (Å²) in [7, 11) is -1.60. The van der Waals surface area contributed by atoms with Gasteiger partial charge in [0.15, 0.2) is 11.0 Å². The molecule has 0 bridgehead atoms. The monoisotopic (exact) mass is 261 g/mol. The minimum absolute atomic E-state index is 0.297. The summed E-state index contributed by atoms with van der Waals surface area (Å²) < 4.78 is 15.8. The Balaban J connectivity index is 2.38. The maximum atomic E-state index is 11.9. The number of aromatic nitrogens is 1. The molecule has 1 aromatic heterocycles. The Morgan fingerprint density at radius 1 is 1.28 bits per heavy atom. The molecule has 4 heteroatoms. The van der Waals surface area contributed by atoms with Gasteiger partial charge in [-0.1, -0.05) is 26.8 Å². The fourth-order valence-corrected chi connectivity index (χ4v) is 2.11. The summed E-state index contributed by atoms with van der Waals surface area (Å²) in [6, 6.07) is 7.90. The summed E-state index contributed by atoms with van der Waals surface area (Å²) in [4.78, 5) is 4.11. The first-order valence-corrected chi connectivity index (χ1v) is 7.04. The fraction of sp³-hybridized carbons (Fsp3) is 0.286. The third kappa shape index (κ3) is 2.82. The van der Waals surface area contributed by atoms with Crippen molar-refractivity contribution in [3.05, 3.63) is 42.2 Å². The highest BCUT2D eigenvalue weighted by atomic mass is 32.2. The van der Waals surface area contributed by atoms with Gasteiger partial charge < -0.3 is 0 Å². The SMILES string of the molecule is CC(C)(C)[SH+](=O)/N=C/c1cccc2ccncc12. The van der Waals surface area contributed by atoms with Crippen molar-refractivity contribution in [3.8, 4) is 0 Å². The van der Waals surface area contributed by atoms with Crippen LogP contribution in [0, 0.1) is 0 Å². The van der Waals surface area contributed by atoms with Crippen LogP contribution in [0.2, 0.25) is 0 Å². The quantitative estimate of drug-likeness (QED) is 0.473. The standard InChI is InChI=1S/C14H16N2OS/c1-14(2,3)18(17)16-9-12-6-4-5-11-7-8-15-10-13(11)12/h4-10H,1-3H3/p+1/b16-9+. The van der Waals surface area contributed by atoms with E-state index in [4.69, 9.17) is 0 Å². The number of rotatable bonds is 2. The van der Waals surface area contributed by atoms with E-state index in [1.807, 2.05) is 45.0 Å². The van der Waals surface area contributed by atoms with E-state index >= 15 is 0 Å². The molecule has 2 aromatic rings. The molecule has 0 radical (unpaired) electrons. The van der Waals surface area contributed by atoms with Crippen LogP contribution in [0.15, 0.2) is 41.1 Å². The number of hydrogen-bond donors (Lipinski definition) is 0. The molecule has 1 atom stereocenters. The Bertz CT molecular complexity index is 609. The Hall–Kier alpha value is -1.55. The van der Waals surface area contributed by atoms with Crippen LogP contribution < -0.4 is 0 Å². The molecule has 2 rings (SSSR count). The fourth-order valence-electron chi connectivity index (χ4n) is 1.54. The van der Waals surface area contributed by atoms with E-state index in [1.54, 1.807) is 18.6 Å². The molecule has 18 heavy (non-hydrogen) atoms. The Kier molecular flexibility index (Phi) is 3.57. The lowest BCUT2D eigenvalue weighted by Gasteiger charge is -2.06. The van der Waals surface area contributed by atoms with Gasteiger partial charge in [-0.05, 0) is 32.2 Å². The molecule has 0 N–H and O–H groups in total. The zero-order valence-electron chi connectivity index (χ0n) is 10.8. The molecule has 0 saturated heterocycles. The normalized spacial score (nSPS) is 14.2. The van der Waals surface area contributed by atoms with Crippen LogP contribution >= 0.6 is 0 Å². The predicted molar refractivity (Wildman–Crippen MR) is 78.5 cm³/mol. The van der Waals surface area contributed by atoms with E-state index in [1.165, 1.54) is 0 Å². The van der Waals surface area contributed by atoms with Gasteiger partial charge in [-0.2, -0.15) is 0 Å². The lowest BCUT2D eigenvalue weighted by Crippen LogP contribution is -2.19. The van der Waals surface area contributed by atoms with Gasteiger partial charge in [0.2, 0.25) is 0 Å². The second-order valence-electron chi connectivity index (χ2n) is 5.13. The van der Waals surface area contributed by atoms with E-state index in [-0.39, 0.29) is 4.75 Å². The highest BCUT2D eigenvalue weighted by Gasteiger charge is 2.24. The average molecular weight is 261 g/mol. The van der Waals surface area contributed by atoms with E-state index in [0.717, 1.165) is 16.3 Å². The van der Waals surface area contributed by atoms with E-state index in [0.29, 0.717) is 0 Å². The molecule has 0 aliphatic carbocycles. The molecule has 1 aromatic carbocycles. The smallest absolute Gasteiger partial charge is 0.194 e. The topological polar surface area (TPSA) is 42.3 Å². The predicted octanol–water partition coefficient (Wildman–Crippen LogP) is 3.06. The van der Waals surface area contributed by atoms with Crippen LogP contribution in [0.25, 0.3) is 10.8 Å². The lowest BCUT2D eigenvalue weighted by atomic mass is 10.1. The largest absolute Gasteiger partial charge is 0.264 e. The number of hydrogen-bond acceptors (Lipinski definition) is 2. The third-order valence-corrected chi connectivity index (χ3v) is 4.07. The summed E-state index contributed by atoms with van der Waals surface area (Å²) in [6.07, 6.45) is 5.26. The summed E-state index contributed by atoms with van der Waals surface area (Å²) >= 11 is 0. The molecular formula is C14H17N2OS+. The first kappa shape index (κ1) is 12.9. The molecule has 94 valence electrons. The van der Waals surface area contributed by atoms with Crippen molar-refractivity contribution in [2.75, 3.05) is 0 Å². The second kappa shape index (κ2) is 4.98. The molecule has 0 fully saturated rings. The van der Waals surface area contributed by atoms with Crippen molar-refractivity contribution in [2.45, 2.75) is 25.5 Å². The molecule has 0 saturated carbocycles. The third-order valence-electron chi connectivity index (χ3n) is 2.59. The summed E-state index contributed by atoms with van der Waals surface area (Å²) in [5.74, 6) is 0. The van der Waals surface area contributed by atoms with E-state index < -0.39 is 11.0 Å². The molecule has 0 aliphatic heterocycles. The zero-order valence-corrected chi connectivity index (χ0v) is 11.7. The minimum Gasteiger partial charge on any atom is -0.264 e. The Morgan fingerprint density at radius 2 is 2.06 bits per heavy atom. The van der Waals surface area contributed by atoms with Gasteiger partial charge in [-0.15, -0.1) is 0 Å². The van der Waals surface area contributed by atoms with Crippen LogP contribution in [0.5, 0.6) is 0 Å². The zero-order chi connectivity index (χ0) is 13.2. The average Bonchev–Trinajstić information content (AvgIpc) is 2.34. The van der Waals surface area contributed by atoms with Crippen molar-refractivity contribution in [2.24, 2.45) is 4.40 Å². The van der Waals surface area contributed by atoms with Gasteiger partial charge in [-0.3, -0.25) is 4.98 Å². The Morgan fingerprint density at radius 3 is 2.78 bits per heavy atom. The van der Waals surface area contributed by atoms with Crippen LogP contribution in [-0.2, 0) is 15.2 Å². The molecule has 1 unspecified atom stereocenters. The first-order chi connectivity index (χ1) is 8.48. The van der Waals surface area contributed by atoms with Gasteiger partial charge in [0.05, 0.1) is 6.21 Å². The molecule has 1 heterocycles. The van der Waals surface area contributed by atoms with Gasteiger partial charge in [0.25, 0.3) is 0 Å². The Labute approximate surface area is 110 Å². The second-order valence-corrected chi connectivity index (χ2v) is 7.25. The molecular weight excluding hydrogens is 244 g/mol. The number of pyridine rings is 1. The van der Waals surface area contributed by atoms with Crippen LogP contribution in [-0.4, -0.2) is 15.9 Å². The van der Waals surface area contributed by atoms with Gasteiger partial charge in [0, 0.05) is 23.3 Å². The van der Waals surface area contributed by atoms with Crippen molar-refractivity contribution < 1.29 is 4.21 Å². The number of fused-ring (bicyclic) bond motifs is 1. The molecule has 0 aliphatic rings. The highest BCUT2D eigenvalue weighted by molar-refractivity contribution is 7.85. The number of benzene rings is 1. The molecule has 0 amide bonds. The molecule has 0 spiro atoms. The number of nitrogens with zero attached hydrogens (tertiary/aromatic N) is 2. The van der Waals surface area contributed by atoms with Crippen molar-refractivity contribution in [1.82, 2.24) is 4.98 Å². The minimum atomic E-state index is -1.60. The van der Waals surface area contributed by atoms with Gasteiger partial charge in [-0.25, -0.2) is 0 Å². The van der Waals surface area contributed by atoms with Crippen LogP contribution in [0.1, 0.15) is 26.3 Å². The van der Waals surface area contributed by atoms with Gasteiger partial charge >= 0.3 is 0 Å². The number of thiol groups is 1. The van der Waals surface area contributed by atoms with Crippen LogP contribution in [0.3, 0.4) is 0 Å². The summed E-state index contributed by atoms with van der Waals surface area (Å²) in [6.45, 7) is 5.77. The van der Waals surface area contributed by atoms with E-state index in [2.05, 4.69) is 9.38 Å². The van der Waals surface area contributed by atoms with Crippen LogP contribution in [0.4, 0.5) is 0 Å². The van der Waals surface area contributed by atoms with Crippen molar-refractivity contribution in [3.63, 3.8) is 0 Å². The van der Waals surface area contributed by atoms with Gasteiger partial charge in [0.1, 0.15) is 4.75 Å². The van der Waals surface area contributed by atoms with Crippen molar-refractivity contribution >= 4 is 28.0 Å². The highest BCUT2D eigenvalue weighted by Crippen LogP contribution is 2.17. The van der Waals surface area contributed by atoms with E-state index in [9.17, 15) is 4.21 Å². The van der Waals surface area contributed by atoms with Crippen molar-refractivity contribution in [1.29, 1.82) is 0 Å². The maximum absolute atomic E-state index is 11.9. The maximum Gasteiger partial charge on any atom is 0.194 e. The lowest BCUT2D eigenvalue weighted by molar-refractivity contribution is 0.576. The first-order valence-electron chi connectivity index (χ1n) is 5.82. The summed E-state index contributed by atoms with van der Waals surface area (Å²) in [5.41, 5.74) is 0.952. The summed E-state index contributed by atoms with van der Waals surface area (Å²) in [5, 5.41) is 2.14.